The first kappa shape index (κ1) is 49.5. The van der Waals surface area contributed by atoms with Gasteiger partial charge in [0.1, 0.15) is 11.6 Å². The van der Waals surface area contributed by atoms with E-state index in [0.717, 1.165) is 11.1 Å². The van der Waals surface area contributed by atoms with Crippen LogP contribution in [0.25, 0.3) is 6.08 Å². The van der Waals surface area contributed by atoms with Gasteiger partial charge in [-0.25, -0.2) is 4.79 Å². The van der Waals surface area contributed by atoms with Crippen LogP contribution in [0.2, 0.25) is 0 Å². The quantitative estimate of drug-likeness (QED) is 0.101. The van der Waals surface area contributed by atoms with E-state index in [0.29, 0.717) is 13.0 Å². The minimum Gasteiger partial charge on any atom is -0.465 e. The molecule has 16 heteroatoms. The molecule has 316 valence electrons. The smallest absolute Gasteiger partial charge is 0.407 e. The third-order valence-electron chi connectivity index (χ3n) is 7.77. The largest absolute Gasteiger partial charge is 0.465 e. The van der Waals surface area contributed by atoms with Crippen LogP contribution >= 0.6 is 0 Å². The molecule has 0 aliphatic rings. The number of rotatable bonds is 27. The molecule has 0 saturated carbocycles. The number of benzene rings is 1. The molecule has 0 spiro atoms. The Kier molecular flexibility index (Phi) is 24.7. The van der Waals surface area contributed by atoms with Gasteiger partial charge in [0.25, 0.3) is 0 Å². The Morgan fingerprint density at radius 1 is 0.643 bits per heavy atom. The average molecular weight is 793 g/mol. The van der Waals surface area contributed by atoms with Crippen LogP contribution in [0, 0.1) is 0 Å². The van der Waals surface area contributed by atoms with E-state index in [-0.39, 0.29) is 91.8 Å². The van der Waals surface area contributed by atoms with E-state index in [1.165, 1.54) is 0 Å². The summed E-state index contributed by atoms with van der Waals surface area (Å²) in [4.78, 5) is 80.5. The number of alkyl carbamates (subject to hydrolysis) is 1. The molecule has 0 heterocycles. The molecule has 0 bridgehead atoms. The molecule has 56 heavy (non-hydrogen) atoms. The van der Waals surface area contributed by atoms with Crippen LogP contribution < -0.4 is 5.32 Å². The van der Waals surface area contributed by atoms with Crippen molar-refractivity contribution in [2.45, 2.75) is 79.9 Å². The number of nitrogens with one attached hydrogen (secondary N) is 1. The maximum absolute atomic E-state index is 13.6. The second-order valence-electron chi connectivity index (χ2n) is 13.5. The number of ether oxygens (including phenoxy) is 6. The van der Waals surface area contributed by atoms with Crippen molar-refractivity contribution < 1.29 is 57.2 Å². The van der Waals surface area contributed by atoms with E-state index in [9.17, 15) is 28.8 Å². The standard InChI is InChI=1S/C40H64N4O12/c1-9-51-34(45)27-42(28-35(46)52-10-2)23-25-44(26-24-43(29-36(47)53-11-3)30-37(48)54-12-4)33(38(49)55-13-5)16-14-15-31-17-19-32(20-18-31)21-22-41-39(50)56-40(6,7)8/h14-15,17-20,33H,9-13,16,21-30H2,1-8H3,(H,41,50)/b15-14+. The molecule has 1 N–H and O–H groups in total. The molecule has 0 radical (unpaired) electrons. The summed E-state index contributed by atoms with van der Waals surface area (Å²) in [6.07, 6.45) is 4.10. The van der Waals surface area contributed by atoms with E-state index in [4.69, 9.17) is 28.4 Å². The predicted molar refractivity (Wildman–Crippen MR) is 209 cm³/mol. The van der Waals surface area contributed by atoms with Crippen molar-refractivity contribution in [3.05, 3.63) is 41.5 Å². The number of carbonyl (C=O) groups excluding carboxylic acids is 6. The van der Waals surface area contributed by atoms with Gasteiger partial charge < -0.3 is 33.7 Å². The molecule has 1 amide bonds. The van der Waals surface area contributed by atoms with Crippen LogP contribution in [-0.2, 0) is 58.8 Å². The van der Waals surface area contributed by atoms with Crippen molar-refractivity contribution in [1.29, 1.82) is 0 Å². The van der Waals surface area contributed by atoms with E-state index in [2.05, 4.69) is 5.32 Å². The van der Waals surface area contributed by atoms with Gasteiger partial charge in [-0.15, -0.1) is 0 Å². The third-order valence-corrected chi connectivity index (χ3v) is 7.77. The number of amides is 1. The second-order valence-corrected chi connectivity index (χ2v) is 13.5. The molecule has 16 nitrogen and oxygen atoms in total. The van der Waals surface area contributed by atoms with Crippen LogP contribution in [0.1, 0.15) is 72.9 Å². The van der Waals surface area contributed by atoms with Crippen LogP contribution in [0.15, 0.2) is 30.3 Å². The number of carbonyl (C=O) groups is 6. The molecule has 1 rings (SSSR count). The first-order valence-corrected chi connectivity index (χ1v) is 19.3. The lowest BCUT2D eigenvalue weighted by molar-refractivity contribution is -0.152. The van der Waals surface area contributed by atoms with Gasteiger partial charge in [0.15, 0.2) is 0 Å². The van der Waals surface area contributed by atoms with Crippen molar-refractivity contribution in [2.24, 2.45) is 0 Å². The van der Waals surface area contributed by atoms with E-state index in [1.54, 1.807) is 65.2 Å². The number of esters is 5. The maximum atomic E-state index is 13.6. The lowest BCUT2D eigenvalue weighted by atomic mass is 10.1. The summed E-state index contributed by atoms with van der Waals surface area (Å²) in [7, 11) is 0. The predicted octanol–water partition coefficient (Wildman–Crippen LogP) is 3.25. The Morgan fingerprint density at radius 2 is 1.07 bits per heavy atom. The maximum Gasteiger partial charge on any atom is 0.407 e. The molecule has 1 unspecified atom stereocenters. The van der Waals surface area contributed by atoms with Gasteiger partial charge in [0.05, 0.1) is 59.2 Å². The van der Waals surface area contributed by atoms with Gasteiger partial charge >= 0.3 is 35.9 Å². The Labute approximate surface area is 332 Å². The van der Waals surface area contributed by atoms with Crippen molar-refractivity contribution in [3.63, 3.8) is 0 Å². The Bertz CT molecular complexity index is 1290. The highest BCUT2D eigenvalue weighted by Gasteiger charge is 2.29. The van der Waals surface area contributed by atoms with Crippen molar-refractivity contribution >= 4 is 42.0 Å². The summed E-state index contributed by atoms with van der Waals surface area (Å²) in [6, 6.07) is 6.95. The fourth-order valence-electron chi connectivity index (χ4n) is 5.33. The fraction of sp³-hybridized carbons (Fsp3) is 0.650. The molecule has 0 aliphatic carbocycles. The summed E-state index contributed by atoms with van der Waals surface area (Å²) in [5.74, 6) is -2.57. The van der Waals surface area contributed by atoms with Gasteiger partial charge in [-0.05, 0) is 79.4 Å². The summed E-state index contributed by atoms with van der Waals surface area (Å²) in [5, 5.41) is 2.75. The summed E-state index contributed by atoms with van der Waals surface area (Å²) >= 11 is 0. The minimum absolute atomic E-state index is 0.132. The number of nitrogens with zero attached hydrogens (tertiary/aromatic N) is 3. The average Bonchev–Trinajstić information content (AvgIpc) is 3.10. The zero-order chi connectivity index (χ0) is 41.9. The fourth-order valence-corrected chi connectivity index (χ4v) is 5.33. The van der Waals surface area contributed by atoms with Crippen molar-refractivity contribution in [3.8, 4) is 0 Å². The second kappa shape index (κ2) is 27.9. The zero-order valence-electron chi connectivity index (χ0n) is 34.6. The van der Waals surface area contributed by atoms with Gasteiger partial charge in [-0.2, -0.15) is 0 Å². The van der Waals surface area contributed by atoms with E-state index < -0.39 is 47.6 Å². The van der Waals surface area contributed by atoms with E-state index >= 15 is 0 Å². The lowest BCUT2D eigenvalue weighted by Gasteiger charge is -2.33. The van der Waals surface area contributed by atoms with Gasteiger partial charge in [0.2, 0.25) is 0 Å². The highest BCUT2D eigenvalue weighted by molar-refractivity contribution is 5.77. The van der Waals surface area contributed by atoms with Crippen molar-refractivity contribution in [2.75, 3.05) is 91.9 Å². The Hall–Kier alpha value is -4.54. The number of hydrogen-bond donors (Lipinski definition) is 1. The van der Waals surface area contributed by atoms with Crippen molar-refractivity contribution in [1.82, 2.24) is 20.0 Å². The van der Waals surface area contributed by atoms with Crippen LogP contribution in [-0.4, -0.2) is 154 Å². The first-order chi connectivity index (χ1) is 26.6. The SMILES string of the molecule is CCOC(=O)CN(CCN(CCN(CC(=O)OCC)CC(=O)OCC)C(C/C=C/c1ccc(CCNC(=O)OC(C)(C)C)cc1)C(=O)OCC)CC(=O)OCC. The molecule has 1 aromatic carbocycles. The normalized spacial score (nSPS) is 12.1. The molecule has 0 aliphatic heterocycles. The molecular formula is C40H64N4O12. The Morgan fingerprint density at radius 3 is 1.46 bits per heavy atom. The van der Waals surface area contributed by atoms with Crippen LogP contribution in [0.3, 0.4) is 0 Å². The van der Waals surface area contributed by atoms with Gasteiger partial charge in [-0.3, -0.25) is 38.7 Å². The highest BCUT2D eigenvalue weighted by atomic mass is 16.6. The Balaban J connectivity index is 3.34. The molecule has 1 aromatic rings. The molecule has 0 aromatic heterocycles. The van der Waals surface area contributed by atoms with Gasteiger partial charge in [-0.1, -0.05) is 36.4 Å². The zero-order valence-corrected chi connectivity index (χ0v) is 34.6. The molecule has 0 fully saturated rings. The van der Waals surface area contributed by atoms with Crippen LogP contribution in [0.4, 0.5) is 4.79 Å². The molecule has 0 saturated heterocycles. The minimum atomic E-state index is -0.816. The highest BCUT2D eigenvalue weighted by Crippen LogP contribution is 2.14. The monoisotopic (exact) mass is 792 g/mol. The summed E-state index contributed by atoms with van der Waals surface area (Å²) in [5.41, 5.74) is 1.32. The topological polar surface area (TPSA) is 180 Å². The lowest BCUT2D eigenvalue weighted by Crippen LogP contribution is -2.50. The van der Waals surface area contributed by atoms with E-state index in [1.807, 2.05) is 41.3 Å². The third kappa shape index (κ3) is 22.7. The molecule has 1 atom stereocenters. The van der Waals surface area contributed by atoms with Crippen LogP contribution in [0.5, 0.6) is 0 Å². The first-order valence-electron chi connectivity index (χ1n) is 19.3. The number of hydrogen-bond acceptors (Lipinski definition) is 15. The molecular weight excluding hydrogens is 728 g/mol. The van der Waals surface area contributed by atoms with Gasteiger partial charge in [0, 0.05) is 32.7 Å². The summed E-state index contributed by atoms with van der Waals surface area (Å²) < 4.78 is 31.3. The summed E-state index contributed by atoms with van der Waals surface area (Å²) in [6.45, 7) is 15.0.